The van der Waals surface area contributed by atoms with Gasteiger partial charge in [0.1, 0.15) is 29.9 Å². The number of phenols is 1. The van der Waals surface area contributed by atoms with E-state index in [2.05, 4.69) is 31.2 Å². The number of nitrogens with zero attached hydrogens (tertiary/aromatic N) is 1. The van der Waals surface area contributed by atoms with E-state index in [1.54, 1.807) is 12.1 Å². The van der Waals surface area contributed by atoms with Crippen LogP contribution in [0.1, 0.15) is 71.1 Å². The van der Waals surface area contributed by atoms with Crippen molar-refractivity contribution in [3.05, 3.63) is 48.0 Å². The number of aromatic hydroxyl groups is 1. The highest BCUT2D eigenvalue weighted by molar-refractivity contribution is 5.95. The van der Waals surface area contributed by atoms with Gasteiger partial charge in [0.2, 0.25) is 23.6 Å². The van der Waals surface area contributed by atoms with Gasteiger partial charge in [0.25, 0.3) is 0 Å². The Morgan fingerprint density at radius 3 is 1.81 bits per heavy atom. The summed E-state index contributed by atoms with van der Waals surface area (Å²) in [6, 6.07) is 0.560. The van der Waals surface area contributed by atoms with Gasteiger partial charge in [0.05, 0.1) is 12.4 Å². The maximum Gasteiger partial charge on any atom is 0.326 e. The van der Waals surface area contributed by atoms with E-state index >= 15 is 0 Å². The van der Waals surface area contributed by atoms with Crippen molar-refractivity contribution < 1.29 is 34.2 Å². The Balaban J connectivity index is 2.35. The Kier molecular flexibility index (Phi) is 16.5. The van der Waals surface area contributed by atoms with Crippen LogP contribution in [-0.4, -0.2) is 86.5 Å². The van der Waals surface area contributed by atoms with Crippen LogP contribution in [0.3, 0.4) is 0 Å². The topological polar surface area (TPSA) is 255 Å². The van der Waals surface area contributed by atoms with E-state index in [4.69, 9.17) is 11.5 Å². The summed E-state index contributed by atoms with van der Waals surface area (Å²) in [6.07, 6.45) is 5.00. The molecule has 48 heavy (non-hydrogen) atoms. The molecule has 0 aliphatic carbocycles. The van der Waals surface area contributed by atoms with Crippen molar-refractivity contribution >= 4 is 29.6 Å². The first-order chi connectivity index (χ1) is 22.7. The Morgan fingerprint density at radius 1 is 0.771 bits per heavy atom. The van der Waals surface area contributed by atoms with Gasteiger partial charge in [-0.1, -0.05) is 46.2 Å². The molecule has 11 N–H and O–H groups in total. The second-order valence-corrected chi connectivity index (χ2v) is 12.9. The first-order valence-electron chi connectivity index (χ1n) is 16.3. The third-order valence-corrected chi connectivity index (χ3v) is 7.59. The average molecular weight is 673 g/mol. The van der Waals surface area contributed by atoms with Gasteiger partial charge in [-0.2, -0.15) is 0 Å². The molecule has 1 heterocycles. The number of carbonyl (C=O) groups excluding carboxylic acids is 4. The van der Waals surface area contributed by atoms with Crippen LogP contribution >= 0.6 is 0 Å². The van der Waals surface area contributed by atoms with E-state index in [0.29, 0.717) is 37.1 Å². The van der Waals surface area contributed by atoms with E-state index in [1.807, 2.05) is 27.7 Å². The highest BCUT2D eigenvalue weighted by atomic mass is 16.4. The van der Waals surface area contributed by atoms with E-state index in [9.17, 15) is 34.2 Å². The van der Waals surface area contributed by atoms with Crippen molar-refractivity contribution in [3.63, 3.8) is 0 Å². The largest absolute Gasteiger partial charge is 0.508 e. The lowest BCUT2D eigenvalue weighted by Crippen LogP contribution is -2.59. The molecule has 0 bridgehead atoms. The van der Waals surface area contributed by atoms with Crippen molar-refractivity contribution in [2.75, 3.05) is 6.54 Å². The highest BCUT2D eigenvalue weighted by Gasteiger charge is 2.32. The molecule has 0 saturated heterocycles. The molecule has 0 radical (unpaired) electrons. The van der Waals surface area contributed by atoms with Crippen molar-refractivity contribution in [1.29, 1.82) is 0 Å². The SMILES string of the molecule is CC(C)C[C@H](NC(=O)[C@H](Cc1cnc[nH]1)NC(=O)[C@H](Cc1ccc(O)cc1)NC(=O)[C@H](CC(C)C)NC(=O)[C@@H](N)CCCCN)C(=O)O. The standard InChI is InChI=1S/C33H52N8O7/c1-19(2)13-25(38-29(43)24(35)7-5-6-12-34)30(44)39-26(15-21-8-10-23(42)11-9-21)31(45)40-27(16-22-17-36-18-37-22)32(46)41-28(33(47)48)14-20(3)4/h8-11,17-20,24-28,42H,5-7,12-16,34-35H2,1-4H3,(H,36,37)(H,38,43)(H,39,44)(H,40,45)(H,41,46)(H,47,48)/t24-,25-,26-,27-,28-/m0/s1. The minimum Gasteiger partial charge on any atom is -0.508 e. The fourth-order valence-electron chi connectivity index (χ4n) is 5.03. The molecule has 0 aliphatic rings. The second kappa shape index (κ2) is 20.0. The molecule has 1 aromatic heterocycles. The van der Waals surface area contributed by atoms with Gasteiger partial charge in [-0.25, -0.2) is 9.78 Å². The molecule has 2 aromatic rings. The predicted octanol–water partition coefficient (Wildman–Crippen LogP) is 0.473. The molecule has 4 amide bonds. The average Bonchev–Trinajstić information content (AvgIpc) is 3.53. The van der Waals surface area contributed by atoms with Gasteiger partial charge in [-0.05, 0) is 61.8 Å². The van der Waals surface area contributed by atoms with Gasteiger partial charge in [0, 0.05) is 24.7 Å². The van der Waals surface area contributed by atoms with Crippen molar-refractivity contribution in [1.82, 2.24) is 31.2 Å². The summed E-state index contributed by atoms with van der Waals surface area (Å²) >= 11 is 0. The summed E-state index contributed by atoms with van der Waals surface area (Å²) < 4.78 is 0. The number of phenolic OH excluding ortho intramolecular Hbond substituents is 1. The number of nitrogens with one attached hydrogen (secondary N) is 5. The Hall–Kier alpha value is -4.50. The fraction of sp³-hybridized carbons (Fsp3) is 0.576. The molecule has 1 aromatic carbocycles. The molecule has 2 rings (SSSR count). The van der Waals surface area contributed by atoms with E-state index in [1.165, 1.54) is 24.7 Å². The van der Waals surface area contributed by atoms with Crippen molar-refractivity contribution in [3.8, 4) is 5.75 Å². The molecule has 0 unspecified atom stereocenters. The normalized spacial score (nSPS) is 14.4. The zero-order valence-corrected chi connectivity index (χ0v) is 28.2. The first-order valence-corrected chi connectivity index (χ1v) is 16.3. The van der Waals surface area contributed by atoms with Crippen LogP contribution in [0, 0.1) is 11.8 Å². The lowest BCUT2D eigenvalue weighted by atomic mass is 9.99. The Morgan fingerprint density at radius 2 is 1.29 bits per heavy atom. The van der Waals surface area contributed by atoms with Crippen LogP contribution in [0.15, 0.2) is 36.8 Å². The molecule has 15 nitrogen and oxygen atoms in total. The van der Waals surface area contributed by atoms with E-state index < -0.39 is 59.8 Å². The number of hydrogen-bond donors (Lipinski definition) is 9. The van der Waals surface area contributed by atoms with Crippen LogP contribution in [-0.2, 0) is 36.8 Å². The lowest BCUT2D eigenvalue weighted by Gasteiger charge is -2.27. The van der Waals surface area contributed by atoms with Crippen LogP contribution in [0.25, 0.3) is 0 Å². The minimum atomic E-state index is -1.23. The van der Waals surface area contributed by atoms with Crippen LogP contribution in [0.4, 0.5) is 0 Å². The number of imidazole rings is 1. The quantitative estimate of drug-likeness (QED) is 0.0829. The molecule has 0 aliphatic heterocycles. The summed E-state index contributed by atoms with van der Waals surface area (Å²) in [6.45, 7) is 7.90. The summed E-state index contributed by atoms with van der Waals surface area (Å²) in [5.74, 6) is -3.81. The number of rotatable bonds is 21. The molecule has 0 spiro atoms. The third kappa shape index (κ3) is 14.1. The number of hydrogen-bond acceptors (Lipinski definition) is 9. The summed E-state index contributed by atoms with van der Waals surface area (Å²) in [4.78, 5) is 72.7. The van der Waals surface area contributed by atoms with E-state index in [0.717, 1.165) is 0 Å². The Bertz CT molecular complexity index is 1320. The number of aromatic amines is 1. The molecule has 0 fully saturated rings. The first kappa shape index (κ1) is 39.7. The predicted molar refractivity (Wildman–Crippen MR) is 179 cm³/mol. The smallest absolute Gasteiger partial charge is 0.326 e. The number of amides is 4. The number of benzene rings is 1. The van der Waals surface area contributed by atoms with Gasteiger partial charge >= 0.3 is 5.97 Å². The van der Waals surface area contributed by atoms with Gasteiger partial charge < -0.3 is 47.9 Å². The summed E-state index contributed by atoms with van der Waals surface area (Å²) in [5.41, 5.74) is 12.7. The monoisotopic (exact) mass is 672 g/mol. The van der Waals surface area contributed by atoms with Gasteiger partial charge in [0.15, 0.2) is 0 Å². The lowest BCUT2D eigenvalue weighted by molar-refractivity contribution is -0.142. The number of H-pyrrole nitrogens is 1. The number of carboxylic acids is 1. The summed E-state index contributed by atoms with van der Waals surface area (Å²) in [7, 11) is 0. The second-order valence-electron chi connectivity index (χ2n) is 12.9. The van der Waals surface area contributed by atoms with Gasteiger partial charge in [-0.15, -0.1) is 0 Å². The van der Waals surface area contributed by atoms with Crippen LogP contribution in [0.5, 0.6) is 5.75 Å². The number of unbranched alkanes of at least 4 members (excludes halogenated alkanes) is 1. The molecule has 0 saturated carbocycles. The fourth-order valence-corrected chi connectivity index (χ4v) is 5.03. The number of aromatic nitrogens is 2. The van der Waals surface area contributed by atoms with E-state index in [-0.39, 0.29) is 43.3 Å². The molecule has 5 atom stereocenters. The molecular weight excluding hydrogens is 620 g/mol. The highest BCUT2D eigenvalue weighted by Crippen LogP contribution is 2.14. The zero-order valence-electron chi connectivity index (χ0n) is 28.2. The van der Waals surface area contributed by atoms with Crippen LogP contribution < -0.4 is 32.7 Å². The summed E-state index contributed by atoms with van der Waals surface area (Å²) in [5, 5.41) is 30.1. The maximum absolute atomic E-state index is 13.9. The number of carboxylic acid groups (broad SMARTS) is 1. The van der Waals surface area contributed by atoms with Crippen molar-refractivity contribution in [2.24, 2.45) is 23.3 Å². The maximum atomic E-state index is 13.9. The van der Waals surface area contributed by atoms with Gasteiger partial charge in [-0.3, -0.25) is 19.2 Å². The molecule has 266 valence electrons. The number of aliphatic carboxylic acids is 1. The minimum absolute atomic E-state index is 0.00519. The third-order valence-electron chi connectivity index (χ3n) is 7.59. The number of nitrogens with two attached hydrogens (primary N) is 2. The Labute approximate surface area is 281 Å². The molecule has 15 heteroatoms. The van der Waals surface area contributed by atoms with Crippen LogP contribution in [0.2, 0.25) is 0 Å². The number of carbonyl (C=O) groups is 5. The molecular formula is C33H52N8O7. The van der Waals surface area contributed by atoms with Crippen molar-refractivity contribution in [2.45, 2.75) is 103 Å². The zero-order chi connectivity index (χ0) is 35.8.